The maximum Gasteiger partial charge on any atom is 0.310 e. The molecule has 0 spiro atoms. The standard InChI is InChI=1S/C29H52O4/c1-4-7-8-9-10-11-12-13-14-15-16-17-20-23-32-28(30)26-21-18-19-22-27(26)29(31)33-24-25(5-2)6-3/h18-19,25-27H,4-17,20-24H2,1-3H3. The summed E-state index contributed by atoms with van der Waals surface area (Å²) in [6.45, 7) is 7.41. The lowest BCUT2D eigenvalue weighted by molar-refractivity contribution is -0.161. The van der Waals surface area contributed by atoms with Crippen molar-refractivity contribution in [1.82, 2.24) is 0 Å². The van der Waals surface area contributed by atoms with Crippen molar-refractivity contribution in [2.45, 2.75) is 130 Å². The molecule has 0 saturated heterocycles. The van der Waals surface area contributed by atoms with E-state index in [0.29, 0.717) is 32.0 Å². The van der Waals surface area contributed by atoms with Crippen LogP contribution in [0, 0.1) is 17.8 Å². The largest absolute Gasteiger partial charge is 0.465 e. The van der Waals surface area contributed by atoms with Crippen LogP contribution in [0.25, 0.3) is 0 Å². The van der Waals surface area contributed by atoms with Crippen LogP contribution < -0.4 is 0 Å². The second-order valence-corrected chi connectivity index (χ2v) is 9.88. The number of rotatable bonds is 20. The summed E-state index contributed by atoms with van der Waals surface area (Å²) in [5, 5.41) is 0. The Morgan fingerprint density at radius 3 is 1.55 bits per heavy atom. The Kier molecular flexibility index (Phi) is 18.1. The molecule has 0 radical (unpaired) electrons. The average Bonchev–Trinajstić information content (AvgIpc) is 2.84. The van der Waals surface area contributed by atoms with Gasteiger partial charge in [0.05, 0.1) is 25.0 Å². The molecule has 192 valence electrons. The fourth-order valence-electron chi connectivity index (χ4n) is 4.57. The minimum absolute atomic E-state index is 0.234. The van der Waals surface area contributed by atoms with E-state index >= 15 is 0 Å². The first-order valence-electron chi connectivity index (χ1n) is 14.1. The third-order valence-corrected chi connectivity index (χ3v) is 7.15. The van der Waals surface area contributed by atoms with Crippen molar-refractivity contribution >= 4 is 11.9 Å². The van der Waals surface area contributed by atoms with E-state index < -0.39 is 11.8 Å². The van der Waals surface area contributed by atoms with Crippen molar-refractivity contribution in [2.75, 3.05) is 13.2 Å². The van der Waals surface area contributed by atoms with Crippen LogP contribution in [0.5, 0.6) is 0 Å². The summed E-state index contributed by atoms with van der Waals surface area (Å²) in [6, 6.07) is 0. The van der Waals surface area contributed by atoms with Gasteiger partial charge in [0.25, 0.3) is 0 Å². The van der Waals surface area contributed by atoms with Crippen LogP contribution in [0.2, 0.25) is 0 Å². The Balaban J connectivity index is 2.10. The van der Waals surface area contributed by atoms with E-state index in [0.717, 1.165) is 25.7 Å². The molecule has 0 aliphatic heterocycles. The van der Waals surface area contributed by atoms with Gasteiger partial charge in [-0.1, -0.05) is 123 Å². The summed E-state index contributed by atoms with van der Waals surface area (Å²) < 4.78 is 11.1. The van der Waals surface area contributed by atoms with Gasteiger partial charge < -0.3 is 9.47 Å². The van der Waals surface area contributed by atoms with Crippen molar-refractivity contribution in [2.24, 2.45) is 17.8 Å². The van der Waals surface area contributed by atoms with Crippen molar-refractivity contribution in [3.05, 3.63) is 12.2 Å². The van der Waals surface area contributed by atoms with Crippen LogP contribution >= 0.6 is 0 Å². The number of carbonyl (C=O) groups is 2. The van der Waals surface area contributed by atoms with Gasteiger partial charge in [-0.05, 0) is 25.2 Å². The van der Waals surface area contributed by atoms with Crippen molar-refractivity contribution in [1.29, 1.82) is 0 Å². The molecule has 0 amide bonds. The molecule has 0 fully saturated rings. The van der Waals surface area contributed by atoms with Crippen LogP contribution in [-0.4, -0.2) is 25.2 Å². The average molecular weight is 465 g/mol. The first-order valence-corrected chi connectivity index (χ1v) is 14.1. The Morgan fingerprint density at radius 1 is 0.667 bits per heavy atom. The predicted octanol–water partition coefficient (Wildman–Crippen LogP) is 8.18. The Labute approximate surface area is 204 Å². The molecule has 0 saturated carbocycles. The van der Waals surface area contributed by atoms with Gasteiger partial charge in [-0.2, -0.15) is 0 Å². The lowest BCUT2D eigenvalue weighted by Gasteiger charge is -2.26. The molecule has 0 aromatic carbocycles. The minimum atomic E-state index is -0.400. The van der Waals surface area contributed by atoms with E-state index in [4.69, 9.17) is 9.47 Å². The summed E-state index contributed by atoms with van der Waals surface area (Å²) in [6.07, 6.45) is 24.0. The van der Waals surface area contributed by atoms with E-state index in [1.165, 1.54) is 70.6 Å². The normalized spacial score (nSPS) is 17.9. The van der Waals surface area contributed by atoms with Crippen LogP contribution in [0.3, 0.4) is 0 Å². The molecule has 0 bridgehead atoms. The lowest BCUT2D eigenvalue weighted by atomic mass is 9.83. The first kappa shape index (κ1) is 29.7. The number of hydrogen-bond acceptors (Lipinski definition) is 4. The summed E-state index contributed by atoms with van der Waals surface area (Å²) in [7, 11) is 0. The van der Waals surface area contributed by atoms with E-state index in [-0.39, 0.29) is 11.9 Å². The van der Waals surface area contributed by atoms with Gasteiger partial charge in [0.1, 0.15) is 0 Å². The maximum atomic E-state index is 12.6. The fraction of sp³-hybridized carbons (Fsp3) is 0.862. The fourth-order valence-corrected chi connectivity index (χ4v) is 4.57. The van der Waals surface area contributed by atoms with E-state index in [2.05, 4.69) is 20.8 Å². The SMILES string of the molecule is CCCCCCCCCCCCCCCOC(=O)C1CC=CCC1C(=O)OCC(CC)CC. The number of carbonyl (C=O) groups excluding carboxylic acids is 2. The summed E-state index contributed by atoms with van der Waals surface area (Å²) in [4.78, 5) is 25.2. The third kappa shape index (κ3) is 13.9. The quantitative estimate of drug-likeness (QED) is 0.103. The third-order valence-electron chi connectivity index (χ3n) is 7.15. The van der Waals surface area contributed by atoms with Crippen LogP contribution in [0.15, 0.2) is 12.2 Å². The van der Waals surface area contributed by atoms with Gasteiger partial charge in [-0.3, -0.25) is 9.59 Å². The highest BCUT2D eigenvalue weighted by atomic mass is 16.5. The van der Waals surface area contributed by atoms with Gasteiger partial charge in [0.2, 0.25) is 0 Å². The molecule has 0 heterocycles. The van der Waals surface area contributed by atoms with Gasteiger partial charge in [0.15, 0.2) is 0 Å². The minimum Gasteiger partial charge on any atom is -0.465 e. The molecule has 1 aliphatic rings. The number of hydrogen-bond donors (Lipinski definition) is 0. The zero-order valence-corrected chi connectivity index (χ0v) is 22.0. The number of unbranched alkanes of at least 4 members (excludes halogenated alkanes) is 12. The predicted molar refractivity (Wildman–Crippen MR) is 137 cm³/mol. The van der Waals surface area contributed by atoms with Gasteiger partial charge >= 0.3 is 11.9 Å². The van der Waals surface area contributed by atoms with Crippen LogP contribution in [0.1, 0.15) is 130 Å². The lowest BCUT2D eigenvalue weighted by Crippen LogP contribution is -2.34. The van der Waals surface area contributed by atoms with E-state index in [9.17, 15) is 9.59 Å². The molecule has 2 unspecified atom stereocenters. The molecular weight excluding hydrogens is 412 g/mol. The highest BCUT2D eigenvalue weighted by molar-refractivity contribution is 5.82. The molecular formula is C29H52O4. The highest BCUT2D eigenvalue weighted by Crippen LogP contribution is 2.28. The summed E-state index contributed by atoms with van der Waals surface area (Å²) in [5.41, 5.74) is 0. The zero-order chi connectivity index (χ0) is 24.2. The molecule has 0 aromatic heterocycles. The van der Waals surface area contributed by atoms with Crippen molar-refractivity contribution in [3.8, 4) is 0 Å². The van der Waals surface area contributed by atoms with E-state index in [1.54, 1.807) is 0 Å². The smallest absolute Gasteiger partial charge is 0.310 e. The molecule has 4 heteroatoms. The van der Waals surface area contributed by atoms with Crippen LogP contribution in [0.4, 0.5) is 0 Å². The zero-order valence-electron chi connectivity index (χ0n) is 22.0. The first-order chi connectivity index (χ1) is 16.1. The molecule has 2 atom stereocenters. The molecule has 0 N–H and O–H groups in total. The van der Waals surface area contributed by atoms with Gasteiger partial charge in [-0.15, -0.1) is 0 Å². The summed E-state index contributed by atoms with van der Waals surface area (Å²) >= 11 is 0. The Hall–Kier alpha value is -1.32. The molecule has 1 rings (SSSR count). The van der Waals surface area contributed by atoms with Gasteiger partial charge in [-0.25, -0.2) is 0 Å². The Morgan fingerprint density at radius 2 is 1.09 bits per heavy atom. The number of allylic oxidation sites excluding steroid dienone is 2. The molecule has 33 heavy (non-hydrogen) atoms. The van der Waals surface area contributed by atoms with Crippen molar-refractivity contribution < 1.29 is 19.1 Å². The summed E-state index contributed by atoms with van der Waals surface area (Å²) in [5.74, 6) is -0.874. The van der Waals surface area contributed by atoms with Gasteiger partial charge in [0, 0.05) is 0 Å². The van der Waals surface area contributed by atoms with Crippen LogP contribution in [-0.2, 0) is 19.1 Å². The maximum absolute atomic E-state index is 12.6. The number of ether oxygens (including phenoxy) is 2. The Bertz CT molecular complexity index is 524. The molecule has 4 nitrogen and oxygen atoms in total. The van der Waals surface area contributed by atoms with Crippen molar-refractivity contribution in [3.63, 3.8) is 0 Å². The van der Waals surface area contributed by atoms with E-state index in [1.807, 2.05) is 12.2 Å². The highest BCUT2D eigenvalue weighted by Gasteiger charge is 2.36. The molecule has 0 aromatic rings. The second kappa shape index (κ2) is 20.1. The number of esters is 2. The second-order valence-electron chi connectivity index (χ2n) is 9.88. The molecule has 1 aliphatic carbocycles. The monoisotopic (exact) mass is 464 g/mol. The topological polar surface area (TPSA) is 52.6 Å².